The van der Waals surface area contributed by atoms with Crippen LogP contribution in [-0.4, -0.2) is 28.3 Å². The lowest BCUT2D eigenvalue weighted by molar-refractivity contribution is -0.139. The highest BCUT2D eigenvalue weighted by Crippen LogP contribution is 2.31. The van der Waals surface area contributed by atoms with Crippen LogP contribution in [0.4, 0.5) is 0 Å². The van der Waals surface area contributed by atoms with Gasteiger partial charge in [0.1, 0.15) is 4.83 Å². The van der Waals surface area contributed by atoms with Crippen molar-refractivity contribution in [3.8, 4) is 11.1 Å². The van der Waals surface area contributed by atoms with Crippen molar-refractivity contribution in [2.45, 2.75) is 19.0 Å². The molecule has 0 aliphatic heterocycles. The molecule has 1 aromatic carbocycles. The molecule has 0 unspecified atom stereocenters. The lowest BCUT2D eigenvalue weighted by atomic mass is 10.1. The second-order valence-electron chi connectivity index (χ2n) is 5.16. The number of aromatic amines is 1. The van der Waals surface area contributed by atoms with E-state index in [0.717, 1.165) is 11.1 Å². The average molecular weight is 360 g/mol. The van der Waals surface area contributed by atoms with Crippen molar-refractivity contribution < 1.29 is 9.53 Å². The Balaban J connectivity index is 1.92. The number of nitrogens with one attached hydrogen (secondary N) is 1. The third-order valence-electron chi connectivity index (χ3n) is 3.42. The third-order valence-corrected chi connectivity index (χ3v) is 5.14. The maximum atomic E-state index is 12.5. The Morgan fingerprint density at radius 1 is 1.33 bits per heavy atom. The van der Waals surface area contributed by atoms with Gasteiger partial charge >= 0.3 is 5.97 Å². The van der Waals surface area contributed by atoms with Crippen molar-refractivity contribution in [3.05, 3.63) is 45.6 Å². The van der Waals surface area contributed by atoms with Crippen LogP contribution in [-0.2, 0) is 9.53 Å². The quantitative estimate of drug-likeness (QED) is 0.427. The van der Waals surface area contributed by atoms with E-state index >= 15 is 0 Å². The fraction of sp³-hybridized carbons (Fsp3) is 0.235. The number of hydrogen-bond donors (Lipinski definition) is 1. The maximum Gasteiger partial charge on any atom is 0.316 e. The summed E-state index contributed by atoms with van der Waals surface area (Å²) in [6.07, 6.45) is 0. The molecular formula is C17H16N2O3S2. The summed E-state index contributed by atoms with van der Waals surface area (Å²) >= 11 is 2.60. The second kappa shape index (κ2) is 7.19. The summed E-state index contributed by atoms with van der Waals surface area (Å²) in [5, 5.41) is 2.96. The van der Waals surface area contributed by atoms with Gasteiger partial charge in [0, 0.05) is 10.9 Å². The zero-order chi connectivity index (χ0) is 17.1. The molecule has 0 aliphatic carbocycles. The summed E-state index contributed by atoms with van der Waals surface area (Å²) in [6, 6.07) is 8.04. The summed E-state index contributed by atoms with van der Waals surface area (Å²) in [5.41, 5.74) is 2.85. The van der Waals surface area contributed by atoms with Gasteiger partial charge in [-0.15, -0.1) is 11.3 Å². The number of ether oxygens (including phenoxy) is 1. The van der Waals surface area contributed by atoms with Crippen LogP contribution < -0.4 is 5.56 Å². The number of hydrogen-bond acceptors (Lipinski definition) is 6. The number of aryl methyl sites for hydroxylation is 1. The summed E-state index contributed by atoms with van der Waals surface area (Å²) in [5.74, 6) is -0.199. The number of aromatic nitrogens is 2. The molecule has 5 nitrogen and oxygen atoms in total. The van der Waals surface area contributed by atoms with Gasteiger partial charge in [0.15, 0.2) is 5.16 Å². The number of benzene rings is 1. The molecule has 0 radical (unpaired) electrons. The van der Waals surface area contributed by atoms with Crippen LogP contribution in [0.2, 0.25) is 0 Å². The first kappa shape index (κ1) is 16.7. The standard InChI is InChI=1S/C17H16N2O3S2/c1-3-22-13(20)9-24-17-18-15(21)14-12(8-23-16(14)19-17)11-6-4-10(2)5-7-11/h4-8H,3,9H2,1-2H3,(H,18,19,21). The fourth-order valence-corrected chi connectivity index (χ4v) is 3.94. The highest BCUT2D eigenvalue weighted by Gasteiger charge is 2.14. The number of rotatable bonds is 5. The molecule has 3 aromatic rings. The van der Waals surface area contributed by atoms with Crippen molar-refractivity contribution >= 4 is 39.3 Å². The SMILES string of the molecule is CCOC(=O)CSc1nc2scc(-c3ccc(C)cc3)c2c(=O)[nH]1. The van der Waals surface area contributed by atoms with Gasteiger partial charge < -0.3 is 9.72 Å². The maximum absolute atomic E-state index is 12.5. The molecular weight excluding hydrogens is 344 g/mol. The minimum Gasteiger partial charge on any atom is -0.465 e. The predicted octanol–water partition coefficient (Wildman–Crippen LogP) is 3.62. The molecule has 124 valence electrons. The van der Waals surface area contributed by atoms with Crippen LogP contribution in [0.15, 0.2) is 39.6 Å². The van der Waals surface area contributed by atoms with Gasteiger partial charge in [0.2, 0.25) is 0 Å². The monoisotopic (exact) mass is 360 g/mol. The number of fused-ring (bicyclic) bond motifs is 1. The summed E-state index contributed by atoms with van der Waals surface area (Å²) in [4.78, 5) is 31.8. The molecule has 0 saturated carbocycles. The van der Waals surface area contributed by atoms with E-state index in [1.54, 1.807) is 6.92 Å². The van der Waals surface area contributed by atoms with Gasteiger partial charge in [-0.2, -0.15) is 0 Å². The van der Waals surface area contributed by atoms with Gasteiger partial charge in [-0.25, -0.2) is 4.98 Å². The Kier molecular flexibility index (Phi) is 5.01. The van der Waals surface area contributed by atoms with Crippen LogP contribution in [0, 0.1) is 6.92 Å². The van der Waals surface area contributed by atoms with E-state index in [0.29, 0.717) is 22.0 Å². The van der Waals surface area contributed by atoms with E-state index in [2.05, 4.69) is 9.97 Å². The summed E-state index contributed by atoms with van der Waals surface area (Å²) < 4.78 is 4.88. The van der Waals surface area contributed by atoms with Crippen molar-refractivity contribution in [1.82, 2.24) is 9.97 Å². The van der Waals surface area contributed by atoms with Crippen molar-refractivity contribution in [2.75, 3.05) is 12.4 Å². The molecule has 0 amide bonds. The molecule has 0 fully saturated rings. The lowest BCUT2D eigenvalue weighted by Gasteiger charge is -2.03. The molecule has 0 spiro atoms. The van der Waals surface area contributed by atoms with Gasteiger partial charge in [0.25, 0.3) is 5.56 Å². The van der Waals surface area contributed by atoms with Crippen LogP contribution >= 0.6 is 23.1 Å². The number of H-pyrrole nitrogens is 1. The molecule has 3 rings (SSSR count). The highest BCUT2D eigenvalue weighted by molar-refractivity contribution is 7.99. The van der Waals surface area contributed by atoms with Crippen LogP contribution in [0.5, 0.6) is 0 Å². The Hall–Kier alpha value is -2.12. The smallest absolute Gasteiger partial charge is 0.316 e. The first-order valence-corrected chi connectivity index (χ1v) is 9.32. The zero-order valence-corrected chi connectivity index (χ0v) is 14.9. The molecule has 0 aliphatic rings. The third kappa shape index (κ3) is 3.52. The Morgan fingerprint density at radius 3 is 2.79 bits per heavy atom. The molecule has 2 heterocycles. The Bertz CT molecular complexity index is 929. The van der Waals surface area contributed by atoms with Crippen LogP contribution in [0.25, 0.3) is 21.3 Å². The summed E-state index contributed by atoms with van der Waals surface area (Å²) in [7, 11) is 0. The van der Waals surface area contributed by atoms with Gasteiger partial charge in [0.05, 0.1) is 17.7 Å². The number of carbonyl (C=O) groups excluding carboxylic acids is 1. The number of carbonyl (C=O) groups is 1. The normalized spacial score (nSPS) is 10.9. The lowest BCUT2D eigenvalue weighted by Crippen LogP contribution is -2.11. The number of thiophene rings is 1. The number of thioether (sulfide) groups is 1. The van der Waals surface area contributed by atoms with Gasteiger partial charge in [-0.3, -0.25) is 9.59 Å². The Morgan fingerprint density at radius 2 is 2.08 bits per heavy atom. The van der Waals surface area contributed by atoms with Crippen molar-refractivity contribution in [1.29, 1.82) is 0 Å². The first-order valence-electron chi connectivity index (χ1n) is 7.45. The zero-order valence-electron chi connectivity index (χ0n) is 13.3. The molecule has 0 saturated heterocycles. The van der Waals surface area contributed by atoms with E-state index in [9.17, 15) is 9.59 Å². The second-order valence-corrected chi connectivity index (χ2v) is 6.98. The van der Waals surface area contributed by atoms with E-state index < -0.39 is 0 Å². The largest absolute Gasteiger partial charge is 0.465 e. The van der Waals surface area contributed by atoms with Crippen molar-refractivity contribution in [2.24, 2.45) is 0 Å². The topological polar surface area (TPSA) is 72.0 Å². The molecule has 1 N–H and O–H groups in total. The minimum atomic E-state index is -0.322. The number of nitrogens with zero attached hydrogens (tertiary/aromatic N) is 1. The molecule has 0 atom stereocenters. The van der Waals surface area contributed by atoms with Gasteiger partial charge in [-0.1, -0.05) is 41.6 Å². The Labute approximate surface area is 147 Å². The van der Waals surface area contributed by atoms with Gasteiger partial charge in [-0.05, 0) is 19.4 Å². The van der Waals surface area contributed by atoms with Crippen molar-refractivity contribution in [3.63, 3.8) is 0 Å². The highest BCUT2D eigenvalue weighted by atomic mass is 32.2. The molecule has 7 heteroatoms. The van der Waals surface area contributed by atoms with E-state index in [1.807, 2.05) is 36.6 Å². The number of esters is 1. The molecule has 2 aromatic heterocycles. The predicted molar refractivity (Wildman–Crippen MR) is 97.8 cm³/mol. The average Bonchev–Trinajstić information content (AvgIpc) is 2.98. The van der Waals surface area contributed by atoms with Crippen LogP contribution in [0.1, 0.15) is 12.5 Å². The van der Waals surface area contributed by atoms with E-state index in [-0.39, 0.29) is 17.3 Å². The minimum absolute atomic E-state index is 0.123. The van der Waals surface area contributed by atoms with E-state index in [4.69, 9.17) is 4.74 Å². The van der Waals surface area contributed by atoms with E-state index in [1.165, 1.54) is 28.7 Å². The van der Waals surface area contributed by atoms with Crippen LogP contribution in [0.3, 0.4) is 0 Å². The fourth-order valence-electron chi connectivity index (χ4n) is 2.27. The molecule has 24 heavy (non-hydrogen) atoms. The first-order chi connectivity index (χ1) is 11.6. The molecule has 0 bridgehead atoms. The summed E-state index contributed by atoms with van der Waals surface area (Å²) in [6.45, 7) is 4.12.